The molecular formula is C13H12F3NO3. The summed E-state index contributed by atoms with van der Waals surface area (Å²) in [6, 6.07) is 4.73. The number of carbonyl (C=O) groups is 1. The Morgan fingerprint density at radius 1 is 1.35 bits per heavy atom. The van der Waals surface area contributed by atoms with Gasteiger partial charge in [0.25, 0.3) is 5.60 Å². The average molecular weight is 287 g/mol. The number of ether oxygens (including phenoxy) is 1. The summed E-state index contributed by atoms with van der Waals surface area (Å²) in [6.45, 7) is 1.70. The number of nitrogens with one attached hydrogen (secondary N) is 1. The predicted octanol–water partition coefficient (Wildman–Crippen LogP) is 2.40. The summed E-state index contributed by atoms with van der Waals surface area (Å²) in [5, 5.41) is 10.1. The number of benzene rings is 1. The molecule has 4 nitrogen and oxygen atoms in total. The first-order valence-electron chi connectivity index (χ1n) is 5.67. The van der Waals surface area contributed by atoms with Crippen LogP contribution in [0.15, 0.2) is 24.4 Å². The monoisotopic (exact) mass is 287 g/mol. The number of hydrogen-bond donors (Lipinski definition) is 2. The maximum absolute atomic E-state index is 13.2. The first-order chi connectivity index (χ1) is 9.21. The lowest BCUT2D eigenvalue weighted by Crippen LogP contribution is -2.49. The number of rotatable bonds is 2. The maximum Gasteiger partial charge on any atom is 0.432 e. The van der Waals surface area contributed by atoms with Crippen LogP contribution in [0.2, 0.25) is 0 Å². The maximum atomic E-state index is 13.2. The highest BCUT2D eigenvalue weighted by molar-refractivity contribution is 5.92. The number of hydrogen-bond acceptors (Lipinski definition) is 3. The van der Waals surface area contributed by atoms with Crippen LogP contribution < -0.4 is 0 Å². The predicted molar refractivity (Wildman–Crippen MR) is 65.0 cm³/mol. The van der Waals surface area contributed by atoms with Crippen molar-refractivity contribution < 1.29 is 27.8 Å². The zero-order valence-corrected chi connectivity index (χ0v) is 10.7. The van der Waals surface area contributed by atoms with E-state index in [4.69, 9.17) is 0 Å². The second-order valence-electron chi connectivity index (χ2n) is 4.45. The molecule has 2 N–H and O–H groups in total. The number of aliphatic hydroxyl groups is 1. The summed E-state index contributed by atoms with van der Waals surface area (Å²) in [4.78, 5) is 14.1. The third kappa shape index (κ3) is 1.94. The summed E-state index contributed by atoms with van der Waals surface area (Å²) >= 11 is 0. The lowest BCUT2D eigenvalue weighted by molar-refractivity contribution is -0.266. The molecule has 7 heteroatoms. The van der Waals surface area contributed by atoms with E-state index in [9.17, 15) is 23.1 Å². The van der Waals surface area contributed by atoms with Crippen molar-refractivity contribution in [3.05, 3.63) is 35.5 Å². The number of aromatic nitrogens is 1. The van der Waals surface area contributed by atoms with Crippen LogP contribution in [-0.2, 0) is 15.1 Å². The van der Waals surface area contributed by atoms with Crippen LogP contribution in [0.5, 0.6) is 0 Å². The Kier molecular flexibility index (Phi) is 3.25. The molecule has 1 aromatic heterocycles. The van der Waals surface area contributed by atoms with Gasteiger partial charge in [0.1, 0.15) is 0 Å². The molecule has 2 aromatic rings. The molecule has 0 bridgehead atoms. The zero-order chi connectivity index (χ0) is 15.1. The quantitative estimate of drug-likeness (QED) is 0.834. The standard InChI is InChI=1S/C13H12F3NO3/c1-7-3-4-10-8(5-7)9(6-17-10)12(19,11(18)20-2)13(14,15)16/h3-6,17,19H,1-2H3/t12-/m1/s1. The molecule has 0 saturated carbocycles. The Morgan fingerprint density at radius 3 is 2.55 bits per heavy atom. The highest BCUT2D eigenvalue weighted by atomic mass is 19.4. The molecule has 1 aromatic carbocycles. The van der Waals surface area contributed by atoms with Crippen molar-refractivity contribution in [2.75, 3.05) is 7.11 Å². The number of carbonyl (C=O) groups excluding carboxylic acids is 1. The number of fused-ring (bicyclic) bond motifs is 1. The highest BCUT2D eigenvalue weighted by Gasteiger charge is 2.62. The van der Waals surface area contributed by atoms with Crippen molar-refractivity contribution in [3.63, 3.8) is 0 Å². The smallest absolute Gasteiger partial charge is 0.432 e. The van der Waals surface area contributed by atoms with Gasteiger partial charge in [-0.05, 0) is 19.1 Å². The van der Waals surface area contributed by atoms with Crippen LogP contribution >= 0.6 is 0 Å². The lowest BCUT2D eigenvalue weighted by atomic mass is 9.92. The van der Waals surface area contributed by atoms with E-state index in [1.807, 2.05) is 0 Å². The molecule has 0 radical (unpaired) electrons. The Labute approximate surface area is 112 Å². The minimum absolute atomic E-state index is 0.121. The van der Waals surface area contributed by atoms with E-state index in [-0.39, 0.29) is 5.39 Å². The molecule has 108 valence electrons. The van der Waals surface area contributed by atoms with Gasteiger partial charge in [0.2, 0.25) is 0 Å². The van der Waals surface area contributed by atoms with E-state index < -0.39 is 23.3 Å². The summed E-state index contributed by atoms with van der Waals surface area (Å²) in [6.07, 6.45) is -4.23. The Morgan fingerprint density at radius 2 is 2.00 bits per heavy atom. The molecule has 1 heterocycles. The van der Waals surface area contributed by atoms with Gasteiger partial charge in [0.15, 0.2) is 0 Å². The van der Waals surface area contributed by atoms with E-state index in [1.54, 1.807) is 19.1 Å². The summed E-state index contributed by atoms with van der Waals surface area (Å²) in [7, 11) is 0.791. The van der Waals surface area contributed by atoms with Gasteiger partial charge in [-0.3, -0.25) is 0 Å². The van der Waals surface area contributed by atoms with Crippen molar-refractivity contribution in [1.29, 1.82) is 0 Å². The van der Waals surface area contributed by atoms with E-state index in [0.717, 1.165) is 13.3 Å². The second-order valence-corrected chi connectivity index (χ2v) is 4.45. The molecule has 0 aliphatic rings. The van der Waals surface area contributed by atoms with Crippen LogP contribution in [0.1, 0.15) is 11.1 Å². The molecule has 0 aliphatic carbocycles. The fourth-order valence-corrected chi connectivity index (χ4v) is 2.06. The fourth-order valence-electron chi connectivity index (χ4n) is 2.06. The van der Waals surface area contributed by atoms with Crippen LogP contribution in [-0.4, -0.2) is 29.3 Å². The van der Waals surface area contributed by atoms with Gasteiger partial charge in [0, 0.05) is 22.7 Å². The summed E-state index contributed by atoms with van der Waals surface area (Å²) in [5.41, 5.74) is -3.19. The number of H-pyrrole nitrogens is 1. The third-order valence-electron chi connectivity index (χ3n) is 3.12. The Bertz CT molecular complexity index is 662. The van der Waals surface area contributed by atoms with E-state index in [0.29, 0.717) is 11.1 Å². The van der Waals surface area contributed by atoms with Gasteiger partial charge < -0.3 is 14.8 Å². The van der Waals surface area contributed by atoms with E-state index in [1.165, 1.54) is 6.07 Å². The van der Waals surface area contributed by atoms with Gasteiger partial charge in [-0.25, -0.2) is 4.79 Å². The minimum atomic E-state index is -5.20. The molecule has 0 spiro atoms. The first kappa shape index (κ1) is 14.4. The summed E-state index contributed by atoms with van der Waals surface area (Å²) < 4.78 is 43.6. The largest absolute Gasteiger partial charge is 0.466 e. The Hall–Kier alpha value is -2.02. The third-order valence-corrected chi connectivity index (χ3v) is 3.12. The molecule has 20 heavy (non-hydrogen) atoms. The minimum Gasteiger partial charge on any atom is -0.466 e. The normalized spacial score (nSPS) is 15.1. The van der Waals surface area contributed by atoms with Gasteiger partial charge in [-0.2, -0.15) is 13.2 Å². The van der Waals surface area contributed by atoms with Gasteiger partial charge in [-0.1, -0.05) is 11.6 Å². The lowest BCUT2D eigenvalue weighted by Gasteiger charge is -2.27. The molecule has 0 aliphatic heterocycles. The van der Waals surface area contributed by atoms with Crippen LogP contribution in [0.25, 0.3) is 10.9 Å². The van der Waals surface area contributed by atoms with Crippen molar-refractivity contribution >= 4 is 16.9 Å². The Balaban J connectivity index is 2.76. The zero-order valence-electron chi connectivity index (χ0n) is 10.7. The van der Waals surface area contributed by atoms with Gasteiger partial charge in [-0.15, -0.1) is 0 Å². The SMILES string of the molecule is COC(=O)[C@](O)(c1c[nH]c2ccc(C)cc12)C(F)(F)F. The molecule has 0 fully saturated rings. The number of esters is 1. The molecule has 0 amide bonds. The highest BCUT2D eigenvalue weighted by Crippen LogP contribution is 2.42. The summed E-state index contributed by atoms with van der Waals surface area (Å²) in [5.74, 6) is -1.77. The van der Waals surface area contributed by atoms with E-state index in [2.05, 4.69) is 9.72 Å². The topological polar surface area (TPSA) is 62.3 Å². The average Bonchev–Trinajstić information content (AvgIpc) is 2.78. The van der Waals surface area contributed by atoms with Crippen molar-refractivity contribution in [2.24, 2.45) is 0 Å². The van der Waals surface area contributed by atoms with Crippen molar-refractivity contribution in [1.82, 2.24) is 4.98 Å². The van der Waals surface area contributed by atoms with Crippen LogP contribution in [0.3, 0.4) is 0 Å². The van der Waals surface area contributed by atoms with Crippen LogP contribution in [0, 0.1) is 6.92 Å². The first-order valence-corrected chi connectivity index (χ1v) is 5.67. The van der Waals surface area contributed by atoms with Crippen LogP contribution in [0.4, 0.5) is 13.2 Å². The number of aryl methyl sites for hydroxylation is 1. The number of halogens is 3. The molecule has 0 saturated heterocycles. The molecule has 2 rings (SSSR count). The number of aromatic amines is 1. The molecule has 1 atom stereocenters. The fraction of sp³-hybridized carbons (Fsp3) is 0.308. The molecule has 0 unspecified atom stereocenters. The molecular weight excluding hydrogens is 275 g/mol. The van der Waals surface area contributed by atoms with E-state index >= 15 is 0 Å². The second kappa shape index (κ2) is 4.52. The van der Waals surface area contributed by atoms with Gasteiger partial charge in [0.05, 0.1) is 7.11 Å². The number of alkyl halides is 3. The van der Waals surface area contributed by atoms with Crippen molar-refractivity contribution in [3.8, 4) is 0 Å². The van der Waals surface area contributed by atoms with Crippen molar-refractivity contribution in [2.45, 2.75) is 18.7 Å². The van der Waals surface area contributed by atoms with Gasteiger partial charge >= 0.3 is 12.1 Å². The number of methoxy groups -OCH3 is 1.